The Labute approximate surface area is 109 Å². The van der Waals surface area contributed by atoms with Gasteiger partial charge in [-0.1, -0.05) is 6.92 Å². The molecule has 0 unspecified atom stereocenters. The summed E-state index contributed by atoms with van der Waals surface area (Å²) in [6, 6.07) is 0. The molecule has 1 rings (SSSR count). The number of nitrogens with zero attached hydrogens (tertiary/aromatic N) is 3. The Morgan fingerprint density at radius 2 is 2.21 bits per heavy atom. The van der Waals surface area contributed by atoms with Crippen molar-refractivity contribution in [2.24, 2.45) is 5.73 Å². The highest BCUT2D eigenvalue weighted by molar-refractivity contribution is 5.74. The SMILES string of the molecule is CCCNc1ncc([N+](=O)[O-])c(NCCC(N)=O)n1. The largest absolute Gasteiger partial charge is 0.370 e. The van der Waals surface area contributed by atoms with E-state index in [0.29, 0.717) is 12.5 Å². The van der Waals surface area contributed by atoms with Crippen molar-refractivity contribution in [3.8, 4) is 0 Å². The zero-order valence-corrected chi connectivity index (χ0v) is 10.5. The summed E-state index contributed by atoms with van der Waals surface area (Å²) >= 11 is 0. The Kier molecular flexibility index (Phi) is 5.45. The summed E-state index contributed by atoms with van der Waals surface area (Å²) in [6.07, 6.45) is 2.07. The predicted octanol–water partition coefficient (Wildman–Crippen LogP) is 0.494. The van der Waals surface area contributed by atoms with E-state index >= 15 is 0 Å². The third kappa shape index (κ3) is 4.74. The van der Waals surface area contributed by atoms with E-state index in [4.69, 9.17) is 5.73 Å². The van der Waals surface area contributed by atoms with Gasteiger partial charge in [-0.05, 0) is 6.42 Å². The molecule has 0 saturated carbocycles. The van der Waals surface area contributed by atoms with E-state index in [9.17, 15) is 14.9 Å². The molecule has 0 aliphatic carbocycles. The number of nitrogens with two attached hydrogens (primary N) is 1. The first-order valence-corrected chi connectivity index (χ1v) is 5.82. The minimum absolute atomic E-state index is 0.0683. The summed E-state index contributed by atoms with van der Waals surface area (Å²) in [5, 5.41) is 16.5. The van der Waals surface area contributed by atoms with Crippen molar-refractivity contribution in [1.29, 1.82) is 0 Å². The van der Waals surface area contributed by atoms with E-state index in [0.717, 1.165) is 12.6 Å². The maximum atomic E-state index is 10.8. The second-order valence-electron chi connectivity index (χ2n) is 3.75. The quantitative estimate of drug-likeness (QED) is 0.461. The first kappa shape index (κ1) is 14.6. The summed E-state index contributed by atoms with van der Waals surface area (Å²) < 4.78 is 0. The van der Waals surface area contributed by atoms with E-state index in [2.05, 4.69) is 20.6 Å². The number of hydrogen-bond acceptors (Lipinski definition) is 7. The molecule has 1 amide bonds. The van der Waals surface area contributed by atoms with Crippen LogP contribution >= 0.6 is 0 Å². The average Bonchev–Trinajstić information content (AvgIpc) is 2.35. The number of primary amides is 1. The first-order chi connectivity index (χ1) is 9.04. The molecule has 0 aliphatic rings. The molecule has 104 valence electrons. The van der Waals surface area contributed by atoms with Gasteiger partial charge >= 0.3 is 5.69 Å². The van der Waals surface area contributed by atoms with Gasteiger partial charge in [0.05, 0.1) is 4.92 Å². The fourth-order valence-corrected chi connectivity index (χ4v) is 1.27. The molecule has 9 nitrogen and oxygen atoms in total. The Morgan fingerprint density at radius 3 is 2.79 bits per heavy atom. The van der Waals surface area contributed by atoms with Gasteiger partial charge in [0.2, 0.25) is 17.7 Å². The lowest BCUT2D eigenvalue weighted by Crippen LogP contribution is -2.17. The number of carbonyl (C=O) groups is 1. The summed E-state index contributed by atoms with van der Waals surface area (Å²) in [5.74, 6) is -0.123. The number of hydrogen-bond donors (Lipinski definition) is 3. The summed E-state index contributed by atoms with van der Waals surface area (Å²) in [6.45, 7) is 2.82. The van der Waals surface area contributed by atoms with E-state index in [1.54, 1.807) is 0 Å². The smallest absolute Gasteiger partial charge is 0.329 e. The minimum Gasteiger partial charge on any atom is -0.370 e. The normalized spacial score (nSPS) is 9.95. The molecule has 0 aromatic carbocycles. The Morgan fingerprint density at radius 1 is 1.47 bits per heavy atom. The highest BCUT2D eigenvalue weighted by Gasteiger charge is 2.16. The van der Waals surface area contributed by atoms with Gasteiger partial charge in [0.15, 0.2) is 0 Å². The first-order valence-electron chi connectivity index (χ1n) is 5.82. The standard InChI is InChI=1S/C10H16N6O3/c1-2-4-13-10-14-6-7(16(18)19)9(15-10)12-5-3-8(11)17/h6H,2-5H2,1H3,(H2,11,17)(H2,12,13,14,15). The van der Waals surface area contributed by atoms with Crippen molar-refractivity contribution < 1.29 is 9.72 Å². The van der Waals surface area contributed by atoms with Crippen LogP contribution in [-0.2, 0) is 4.79 Å². The Bertz CT molecular complexity index is 465. The third-order valence-electron chi connectivity index (χ3n) is 2.16. The molecule has 0 aliphatic heterocycles. The summed E-state index contributed by atoms with van der Waals surface area (Å²) in [5.41, 5.74) is 4.75. The highest BCUT2D eigenvalue weighted by atomic mass is 16.6. The molecule has 1 aromatic rings. The number of anilines is 2. The highest BCUT2D eigenvalue weighted by Crippen LogP contribution is 2.21. The molecule has 4 N–H and O–H groups in total. The average molecular weight is 268 g/mol. The van der Waals surface area contributed by atoms with Crippen molar-refractivity contribution in [2.45, 2.75) is 19.8 Å². The minimum atomic E-state index is -0.587. The third-order valence-corrected chi connectivity index (χ3v) is 2.16. The van der Waals surface area contributed by atoms with E-state index in [-0.39, 0.29) is 24.5 Å². The van der Waals surface area contributed by atoms with Crippen molar-refractivity contribution in [3.05, 3.63) is 16.3 Å². The van der Waals surface area contributed by atoms with Crippen LogP contribution in [0.25, 0.3) is 0 Å². The Balaban J connectivity index is 2.82. The fraction of sp³-hybridized carbons (Fsp3) is 0.500. The molecule has 19 heavy (non-hydrogen) atoms. The maximum Gasteiger partial charge on any atom is 0.329 e. The molecule has 9 heteroatoms. The Hall–Kier alpha value is -2.45. The number of nitrogens with one attached hydrogen (secondary N) is 2. The second-order valence-corrected chi connectivity index (χ2v) is 3.75. The van der Waals surface area contributed by atoms with Crippen LogP contribution in [0.3, 0.4) is 0 Å². The number of rotatable bonds is 8. The van der Waals surface area contributed by atoms with Gasteiger partial charge in [-0.25, -0.2) is 4.98 Å². The monoisotopic (exact) mass is 268 g/mol. The molecule has 0 fully saturated rings. The molecular weight excluding hydrogens is 252 g/mol. The topological polar surface area (TPSA) is 136 Å². The lowest BCUT2D eigenvalue weighted by molar-refractivity contribution is -0.384. The summed E-state index contributed by atoms with van der Waals surface area (Å²) in [7, 11) is 0. The van der Waals surface area contributed by atoms with Crippen molar-refractivity contribution >= 4 is 23.4 Å². The van der Waals surface area contributed by atoms with E-state index < -0.39 is 10.8 Å². The van der Waals surface area contributed by atoms with Gasteiger partial charge in [-0.2, -0.15) is 4.98 Å². The molecular formula is C10H16N6O3. The van der Waals surface area contributed by atoms with Gasteiger partial charge < -0.3 is 16.4 Å². The molecule has 0 radical (unpaired) electrons. The van der Waals surface area contributed by atoms with Crippen LogP contribution in [0.5, 0.6) is 0 Å². The van der Waals surface area contributed by atoms with Gasteiger partial charge in [-0.15, -0.1) is 0 Å². The van der Waals surface area contributed by atoms with Crippen LogP contribution in [-0.4, -0.2) is 33.9 Å². The van der Waals surface area contributed by atoms with Gasteiger partial charge in [0.25, 0.3) is 0 Å². The molecule has 0 bridgehead atoms. The number of aromatic nitrogens is 2. The maximum absolute atomic E-state index is 10.8. The van der Waals surface area contributed by atoms with Crippen LogP contribution in [0.4, 0.5) is 17.5 Å². The summed E-state index contributed by atoms with van der Waals surface area (Å²) in [4.78, 5) is 28.7. The van der Waals surface area contributed by atoms with Gasteiger partial charge in [0, 0.05) is 19.5 Å². The molecule has 0 saturated heterocycles. The zero-order valence-electron chi connectivity index (χ0n) is 10.5. The molecule has 1 aromatic heterocycles. The van der Waals surface area contributed by atoms with Crippen molar-refractivity contribution in [2.75, 3.05) is 23.7 Å². The van der Waals surface area contributed by atoms with Gasteiger partial charge in [-0.3, -0.25) is 14.9 Å². The predicted molar refractivity (Wildman–Crippen MR) is 69.8 cm³/mol. The lowest BCUT2D eigenvalue weighted by atomic mass is 10.4. The van der Waals surface area contributed by atoms with Gasteiger partial charge in [0.1, 0.15) is 6.20 Å². The van der Waals surface area contributed by atoms with Crippen LogP contribution < -0.4 is 16.4 Å². The molecule has 0 atom stereocenters. The van der Waals surface area contributed by atoms with E-state index in [1.807, 2.05) is 6.92 Å². The van der Waals surface area contributed by atoms with E-state index in [1.165, 1.54) is 0 Å². The lowest BCUT2D eigenvalue weighted by Gasteiger charge is -2.07. The van der Waals surface area contributed by atoms with Crippen molar-refractivity contribution in [3.63, 3.8) is 0 Å². The van der Waals surface area contributed by atoms with Crippen LogP contribution in [0.15, 0.2) is 6.20 Å². The number of amides is 1. The second kappa shape index (κ2) is 7.09. The molecule has 1 heterocycles. The zero-order chi connectivity index (χ0) is 14.3. The number of nitro groups is 1. The van der Waals surface area contributed by atoms with Crippen molar-refractivity contribution in [1.82, 2.24) is 9.97 Å². The van der Waals surface area contributed by atoms with Crippen LogP contribution in [0.2, 0.25) is 0 Å². The number of carbonyl (C=O) groups excluding carboxylic acids is 1. The molecule has 0 spiro atoms. The van der Waals surface area contributed by atoms with Crippen LogP contribution in [0.1, 0.15) is 19.8 Å². The fourth-order valence-electron chi connectivity index (χ4n) is 1.27. The van der Waals surface area contributed by atoms with Crippen LogP contribution in [0, 0.1) is 10.1 Å².